The van der Waals surface area contributed by atoms with Crippen LogP contribution >= 0.6 is 0 Å². The third kappa shape index (κ3) is 2.28. The molecule has 0 bridgehead atoms. The molecule has 0 amide bonds. The average Bonchev–Trinajstić information content (AvgIpc) is 2.96. The first-order valence-corrected chi connectivity index (χ1v) is 8.29. The molecule has 4 aromatic rings. The standard InChI is InChI=1S/C21H21N3/c1-14-13-22-19-17-11-10-16(15-8-6-5-7-9-15)12-18(17)23-20(24(14)19)21(2,3)4/h5-13H,1-4H3. The van der Waals surface area contributed by atoms with Gasteiger partial charge in [0.2, 0.25) is 0 Å². The number of hydrogen-bond acceptors (Lipinski definition) is 2. The molecule has 0 aliphatic heterocycles. The Balaban J connectivity index is 2.06. The summed E-state index contributed by atoms with van der Waals surface area (Å²) in [5, 5.41) is 1.09. The molecule has 24 heavy (non-hydrogen) atoms. The van der Waals surface area contributed by atoms with Crippen molar-refractivity contribution in [2.45, 2.75) is 33.1 Å². The molecule has 0 atom stereocenters. The van der Waals surface area contributed by atoms with Crippen LogP contribution in [0.1, 0.15) is 32.3 Å². The summed E-state index contributed by atoms with van der Waals surface area (Å²) in [6.45, 7) is 8.67. The van der Waals surface area contributed by atoms with Crippen LogP contribution in [0.25, 0.3) is 27.7 Å². The highest BCUT2D eigenvalue weighted by Gasteiger charge is 2.22. The van der Waals surface area contributed by atoms with Gasteiger partial charge in [0, 0.05) is 22.7 Å². The number of rotatable bonds is 1. The Morgan fingerprint density at radius 2 is 1.67 bits per heavy atom. The minimum Gasteiger partial charge on any atom is -0.284 e. The van der Waals surface area contributed by atoms with E-state index in [-0.39, 0.29) is 5.41 Å². The molecule has 0 aliphatic carbocycles. The van der Waals surface area contributed by atoms with Gasteiger partial charge in [-0.3, -0.25) is 4.40 Å². The lowest BCUT2D eigenvalue weighted by Gasteiger charge is -2.21. The molecule has 0 spiro atoms. The van der Waals surface area contributed by atoms with Crippen LogP contribution in [0, 0.1) is 6.92 Å². The molecule has 3 heteroatoms. The number of nitrogens with zero attached hydrogens (tertiary/aromatic N) is 3. The Morgan fingerprint density at radius 3 is 2.38 bits per heavy atom. The average molecular weight is 315 g/mol. The van der Waals surface area contributed by atoms with E-state index < -0.39 is 0 Å². The van der Waals surface area contributed by atoms with Crippen molar-refractivity contribution in [3.05, 3.63) is 66.2 Å². The highest BCUT2D eigenvalue weighted by atomic mass is 15.1. The van der Waals surface area contributed by atoms with Crippen molar-refractivity contribution in [1.29, 1.82) is 0 Å². The third-order valence-corrected chi connectivity index (χ3v) is 4.39. The fraction of sp³-hybridized carbons (Fsp3) is 0.238. The number of hydrogen-bond donors (Lipinski definition) is 0. The van der Waals surface area contributed by atoms with Crippen molar-refractivity contribution < 1.29 is 0 Å². The molecule has 0 unspecified atom stereocenters. The summed E-state index contributed by atoms with van der Waals surface area (Å²) in [5.41, 5.74) is 5.44. The van der Waals surface area contributed by atoms with E-state index in [2.05, 4.69) is 79.5 Å². The smallest absolute Gasteiger partial charge is 0.147 e. The molecule has 0 fully saturated rings. The summed E-state index contributed by atoms with van der Waals surface area (Å²) < 4.78 is 2.19. The Bertz CT molecular complexity index is 1040. The van der Waals surface area contributed by atoms with Crippen molar-refractivity contribution in [3.8, 4) is 11.1 Å². The molecule has 120 valence electrons. The van der Waals surface area contributed by atoms with Gasteiger partial charge >= 0.3 is 0 Å². The maximum Gasteiger partial charge on any atom is 0.147 e. The van der Waals surface area contributed by atoms with E-state index in [0.29, 0.717) is 0 Å². The van der Waals surface area contributed by atoms with E-state index in [4.69, 9.17) is 4.98 Å². The van der Waals surface area contributed by atoms with E-state index in [9.17, 15) is 0 Å². The van der Waals surface area contributed by atoms with Gasteiger partial charge in [0.05, 0.1) is 5.52 Å². The zero-order chi connectivity index (χ0) is 16.9. The van der Waals surface area contributed by atoms with Gasteiger partial charge < -0.3 is 0 Å². The number of imidazole rings is 1. The highest BCUT2D eigenvalue weighted by Crippen LogP contribution is 2.30. The zero-order valence-corrected chi connectivity index (χ0v) is 14.5. The van der Waals surface area contributed by atoms with Gasteiger partial charge in [0.15, 0.2) is 0 Å². The first-order valence-electron chi connectivity index (χ1n) is 8.29. The number of benzene rings is 2. The lowest BCUT2D eigenvalue weighted by molar-refractivity contribution is 0.537. The van der Waals surface area contributed by atoms with Crippen LogP contribution in [0.5, 0.6) is 0 Å². The minimum atomic E-state index is -0.0549. The molecule has 2 aromatic heterocycles. The SMILES string of the molecule is Cc1cnc2c3ccc(-c4ccccc4)cc3nc(C(C)(C)C)n12. The molecule has 4 rings (SSSR count). The van der Waals surface area contributed by atoms with Gasteiger partial charge in [-0.05, 0) is 30.2 Å². The van der Waals surface area contributed by atoms with Crippen LogP contribution in [0.3, 0.4) is 0 Å². The summed E-state index contributed by atoms with van der Waals surface area (Å²) in [7, 11) is 0. The fourth-order valence-electron chi connectivity index (χ4n) is 3.19. The van der Waals surface area contributed by atoms with Crippen molar-refractivity contribution in [1.82, 2.24) is 14.4 Å². The highest BCUT2D eigenvalue weighted by molar-refractivity contribution is 5.94. The van der Waals surface area contributed by atoms with Gasteiger partial charge in [-0.2, -0.15) is 0 Å². The Morgan fingerprint density at radius 1 is 0.917 bits per heavy atom. The summed E-state index contributed by atoms with van der Waals surface area (Å²) in [4.78, 5) is 9.66. The normalized spacial score (nSPS) is 12.2. The number of fused-ring (bicyclic) bond motifs is 3. The fourth-order valence-corrected chi connectivity index (χ4v) is 3.19. The van der Waals surface area contributed by atoms with Gasteiger partial charge in [-0.15, -0.1) is 0 Å². The zero-order valence-electron chi connectivity index (χ0n) is 14.5. The maximum atomic E-state index is 5.02. The van der Waals surface area contributed by atoms with Crippen molar-refractivity contribution in [2.75, 3.05) is 0 Å². The molecular weight excluding hydrogens is 294 g/mol. The van der Waals surface area contributed by atoms with Crippen molar-refractivity contribution in [2.24, 2.45) is 0 Å². The molecule has 0 saturated heterocycles. The predicted octanol–water partition coefficient (Wildman–Crippen LogP) is 5.16. The number of aryl methyl sites for hydroxylation is 1. The predicted molar refractivity (Wildman–Crippen MR) is 99.4 cm³/mol. The van der Waals surface area contributed by atoms with Crippen molar-refractivity contribution >= 4 is 16.6 Å². The first kappa shape index (κ1) is 14.9. The van der Waals surface area contributed by atoms with Crippen LogP contribution in [-0.4, -0.2) is 14.4 Å². The molecule has 3 nitrogen and oxygen atoms in total. The van der Waals surface area contributed by atoms with Crippen molar-refractivity contribution in [3.63, 3.8) is 0 Å². The van der Waals surface area contributed by atoms with Crippen LogP contribution < -0.4 is 0 Å². The van der Waals surface area contributed by atoms with E-state index >= 15 is 0 Å². The summed E-state index contributed by atoms with van der Waals surface area (Å²) in [6, 6.07) is 16.9. The first-order chi connectivity index (χ1) is 11.4. The Labute approximate surface area is 142 Å². The van der Waals surface area contributed by atoms with Crippen LogP contribution in [0.15, 0.2) is 54.7 Å². The number of aromatic nitrogens is 3. The quantitative estimate of drug-likeness (QED) is 0.486. The summed E-state index contributed by atoms with van der Waals surface area (Å²) in [5.74, 6) is 1.05. The molecule has 0 aliphatic rings. The maximum absolute atomic E-state index is 5.02. The Hall–Kier alpha value is -2.68. The summed E-state index contributed by atoms with van der Waals surface area (Å²) in [6.07, 6.45) is 1.93. The second-order valence-electron chi connectivity index (χ2n) is 7.34. The molecule has 0 N–H and O–H groups in total. The third-order valence-electron chi connectivity index (χ3n) is 4.39. The molecule has 0 radical (unpaired) electrons. The van der Waals surface area contributed by atoms with Gasteiger partial charge in [0.25, 0.3) is 0 Å². The van der Waals surface area contributed by atoms with E-state index in [1.807, 2.05) is 12.3 Å². The second kappa shape index (κ2) is 5.17. The van der Waals surface area contributed by atoms with Gasteiger partial charge in [0.1, 0.15) is 11.5 Å². The molecule has 0 saturated carbocycles. The second-order valence-corrected chi connectivity index (χ2v) is 7.34. The minimum absolute atomic E-state index is 0.0549. The Kier molecular flexibility index (Phi) is 3.20. The molecule has 2 aromatic carbocycles. The summed E-state index contributed by atoms with van der Waals surface area (Å²) >= 11 is 0. The van der Waals surface area contributed by atoms with Gasteiger partial charge in [-0.25, -0.2) is 9.97 Å². The van der Waals surface area contributed by atoms with E-state index in [0.717, 1.165) is 28.1 Å². The molecule has 2 heterocycles. The van der Waals surface area contributed by atoms with Crippen LogP contribution in [-0.2, 0) is 5.41 Å². The van der Waals surface area contributed by atoms with Gasteiger partial charge in [-0.1, -0.05) is 57.2 Å². The lowest BCUT2D eigenvalue weighted by Crippen LogP contribution is -2.19. The van der Waals surface area contributed by atoms with Crippen LogP contribution in [0.2, 0.25) is 0 Å². The monoisotopic (exact) mass is 315 g/mol. The topological polar surface area (TPSA) is 30.2 Å². The lowest BCUT2D eigenvalue weighted by atomic mass is 9.94. The van der Waals surface area contributed by atoms with E-state index in [1.54, 1.807) is 0 Å². The van der Waals surface area contributed by atoms with Crippen LogP contribution in [0.4, 0.5) is 0 Å². The largest absolute Gasteiger partial charge is 0.284 e. The molecular formula is C21H21N3. The van der Waals surface area contributed by atoms with E-state index in [1.165, 1.54) is 11.1 Å².